The summed E-state index contributed by atoms with van der Waals surface area (Å²) in [5.74, 6) is 0. The van der Waals surface area contributed by atoms with Crippen molar-refractivity contribution in [3.8, 4) is 0 Å². The van der Waals surface area contributed by atoms with E-state index in [1.165, 1.54) is 0 Å². The number of nitrogens with two attached hydrogens (primary N) is 1. The number of rotatable bonds is 3. The zero-order chi connectivity index (χ0) is 13.2. The van der Waals surface area contributed by atoms with Gasteiger partial charge >= 0.3 is 0 Å². The van der Waals surface area contributed by atoms with Crippen LogP contribution in [0.25, 0.3) is 0 Å². The molecule has 1 aliphatic carbocycles. The Kier molecular flexibility index (Phi) is 4.54. The number of hydrogen-bond acceptors (Lipinski definition) is 2. The molecule has 0 aromatic heterocycles. The smallest absolute Gasteiger partial charge is 0.0611 e. The van der Waals surface area contributed by atoms with Crippen molar-refractivity contribution in [3.63, 3.8) is 0 Å². The molecule has 1 aromatic rings. The Hall–Kier alpha value is -0.280. The molecular weight excluding hydrogens is 269 g/mol. The van der Waals surface area contributed by atoms with Crippen molar-refractivity contribution in [1.82, 2.24) is 0 Å². The fourth-order valence-corrected chi connectivity index (χ4v) is 3.32. The molecule has 100 valence electrons. The first-order chi connectivity index (χ1) is 8.57. The fourth-order valence-electron chi connectivity index (χ4n) is 2.85. The predicted octanol–water partition coefficient (Wildman–Crippen LogP) is 3.42. The summed E-state index contributed by atoms with van der Waals surface area (Å²) in [4.78, 5) is 0. The molecule has 3 N–H and O–H groups in total. The van der Waals surface area contributed by atoms with Crippen LogP contribution in [0, 0.1) is 5.41 Å². The van der Waals surface area contributed by atoms with E-state index >= 15 is 0 Å². The van der Waals surface area contributed by atoms with Gasteiger partial charge in [-0.3, -0.25) is 0 Å². The lowest BCUT2D eigenvalue weighted by Gasteiger charge is -2.41. The minimum Gasteiger partial charge on any atom is -0.392 e. The first-order valence-corrected chi connectivity index (χ1v) is 7.15. The van der Waals surface area contributed by atoms with E-state index in [-0.39, 0.29) is 11.5 Å². The van der Waals surface area contributed by atoms with E-state index in [1.807, 2.05) is 12.1 Å². The second-order valence-corrected chi connectivity index (χ2v) is 6.08. The third-order valence-corrected chi connectivity index (χ3v) is 4.66. The van der Waals surface area contributed by atoms with Crippen molar-refractivity contribution in [1.29, 1.82) is 0 Å². The van der Waals surface area contributed by atoms with E-state index in [2.05, 4.69) is 0 Å². The van der Waals surface area contributed by atoms with Gasteiger partial charge in [0.15, 0.2) is 0 Å². The molecule has 1 saturated carbocycles. The van der Waals surface area contributed by atoms with Gasteiger partial charge in [0.05, 0.1) is 6.10 Å². The minimum absolute atomic E-state index is 0.226. The quantitative estimate of drug-likeness (QED) is 0.895. The monoisotopic (exact) mass is 287 g/mol. The highest BCUT2D eigenvalue weighted by molar-refractivity contribution is 6.35. The van der Waals surface area contributed by atoms with E-state index in [0.717, 1.165) is 37.7 Å². The molecule has 0 spiro atoms. The second-order valence-electron chi connectivity index (χ2n) is 5.24. The van der Waals surface area contributed by atoms with Gasteiger partial charge in [0.1, 0.15) is 0 Å². The van der Waals surface area contributed by atoms with Crippen molar-refractivity contribution in [2.45, 2.75) is 38.2 Å². The Morgan fingerprint density at radius 3 is 2.72 bits per heavy atom. The molecule has 1 fully saturated rings. The minimum atomic E-state index is -0.331. The van der Waals surface area contributed by atoms with E-state index < -0.39 is 0 Å². The van der Waals surface area contributed by atoms with Crippen molar-refractivity contribution in [2.24, 2.45) is 11.1 Å². The van der Waals surface area contributed by atoms with E-state index in [4.69, 9.17) is 28.9 Å². The van der Waals surface area contributed by atoms with Crippen LogP contribution in [0.4, 0.5) is 0 Å². The highest BCUT2D eigenvalue weighted by atomic mass is 35.5. The van der Waals surface area contributed by atoms with Gasteiger partial charge in [0.2, 0.25) is 0 Å². The van der Waals surface area contributed by atoms with Crippen LogP contribution in [0.3, 0.4) is 0 Å². The van der Waals surface area contributed by atoms with Crippen LogP contribution in [-0.2, 0) is 6.42 Å². The normalized spacial score (nSPS) is 28.3. The highest BCUT2D eigenvalue weighted by Crippen LogP contribution is 2.40. The summed E-state index contributed by atoms with van der Waals surface area (Å²) in [5, 5.41) is 11.6. The number of halogens is 2. The molecular formula is C14H19Cl2NO. The molecule has 4 heteroatoms. The van der Waals surface area contributed by atoms with Crippen LogP contribution >= 0.6 is 23.2 Å². The lowest BCUT2D eigenvalue weighted by Crippen LogP contribution is -2.45. The summed E-state index contributed by atoms with van der Waals surface area (Å²) in [6.07, 6.45) is 4.40. The lowest BCUT2D eigenvalue weighted by atomic mass is 9.68. The number of benzene rings is 1. The Labute approximate surface area is 118 Å². The van der Waals surface area contributed by atoms with Crippen molar-refractivity contribution in [3.05, 3.63) is 33.8 Å². The van der Waals surface area contributed by atoms with Gasteiger partial charge in [-0.2, -0.15) is 0 Å². The molecule has 18 heavy (non-hydrogen) atoms. The first-order valence-electron chi connectivity index (χ1n) is 6.39. The van der Waals surface area contributed by atoms with Crippen LogP contribution < -0.4 is 5.73 Å². The first kappa shape index (κ1) is 14.1. The molecule has 0 amide bonds. The largest absolute Gasteiger partial charge is 0.392 e. The molecule has 2 nitrogen and oxygen atoms in total. The van der Waals surface area contributed by atoms with Crippen LogP contribution in [0.5, 0.6) is 0 Å². The van der Waals surface area contributed by atoms with Gasteiger partial charge in [0, 0.05) is 22.0 Å². The molecule has 2 unspecified atom stereocenters. The summed E-state index contributed by atoms with van der Waals surface area (Å²) in [6, 6.07) is 5.52. The molecule has 0 radical (unpaired) electrons. The van der Waals surface area contributed by atoms with Gasteiger partial charge in [0.25, 0.3) is 0 Å². The zero-order valence-electron chi connectivity index (χ0n) is 10.3. The van der Waals surface area contributed by atoms with Crippen molar-refractivity contribution >= 4 is 23.2 Å². The van der Waals surface area contributed by atoms with E-state index in [1.54, 1.807) is 6.07 Å². The summed E-state index contributed by atoms with van der Waals surface area (Å²) >= 11 is 12.1. The molecule has 1 aliphatic rings. The van der Waals surface area contributed by atoms with Crippen molar-refractivity contribution in [2.75, 3.05) is 6.54 Å². The maximum atomic E-state index is 10.3. The maximum absolute atomic E-state index is 10.3. The summed E-state index contributed by atoms with van der Waals surface area (Å²) in [6.45, 7) is 0.493. The molecule has 0 saturated heterocycles. The molecule has 0 heterocycles. The Bertz CT molecular complexity index is 424. The third-order valence-electron chi connectivity index (χ3n) is 4.07. The molecule has 2 rings (SSSR count). The zero-order valence-corrected chi connectivity index (χ0v) is 11.8. The summed E-state index contributed by atoms with van der Waals surface area (Å²) in [5.41, 5.74) is 6.72. The standard InChI is InChI=1S/C14H19Cl2NO/c15-11-5-4-10(12(16)7-11)8-14(9-17)6-2-1-3-13(14)18/h4-5,7,13,18H,1-3,6,8-9,17H2. The number of aliphatic hydroxyl groups is 1. The van der Waals surface area contributed by atoms with Gasteiger partial charge in [-0.25, -0.2) is 0 Å². The predicted molar refractivity (Wildman–Crippen MR) is 76.1 cm³/mol. The molecule has 1 aromatic carbocycles. The average molecular weight is 288 g/mol. The third kappa shape index (κ3) is 2.83. The summed E-state index contributed by atoms with van der Waals surface area (Å²) in [7, 11) is 0. The van der Waals surface area contributed by atoms with E-state index in [9.17, 15) is 5.11 Å². The van der Waals surface area contributed by atoms with Gasteiger partial charge in [-0.05, 0) is 37.0 Å². The van der Waals surface area contributed by atoms with Crippen LogP contribution in [-0.4, -0.2) is 17.8 Å². The molecule has 0 aliphatic heterocycles. The van der Waals surface area contributed by atoms with Crippen LogP contribution in [0.15, 0.2) is 18.2 Å². The van der Waals surface area contributed by atoms with Gasteiger partial charge in [-0.15, -0.1) is 0 Å². The highest BCUT2D eigenvalue weighted by Gasteiger charge is 2.39. The summed E-state index contributed by atoms with van der Waals surface area (Å²) < 4.78 is 0. The number of aliphatic hydroxyl groups excluding tert-OH is 1. The molecule has 2 atom stereocenters. The second kappa shape index (κ2) is 5.79. The van der Waals surface area contributed by atoms with Gasteiger partial charge in [-0.1, -0.05) is 42.1 Å². The molecule has 0 bridgehead atoms. The fraction of sp³-hybridized carbons (Fsp3) is 0.571. The van der Waals surface area contributed by atoms with Crippen LogP contribution in [0.2, 0.25) is 10.0 Å². The van der Waals surface area contributed by atoms with Crippen LogP contribution in [0.1, 0.15) is 31.2 Å². The topological polar surface area (TPSA) is 46.2 Å². The average Bonchev–Trinajstić information content (AvgIpc) is 2.35. The Morgan fingerprint density at radius 1 is 1.33 bits per heavy atom. The Balaban J connectivity index is 2.24. The lowest BCUT2D eigenvalue weighted by molar-refractivity contribution is -0.00583. The SMILES string of the molecule is NCC1(Cc2ccc(Cl)cc2Cl)CCCCC1O. The number of hydrogen-bond donors (Lipinski definition) is 2. The Morgan fingerprint density at radius 2 is 2.11 bits per heavy atom. The van der Waals surface area contributed by atoms with Crippen molar-refractivity contribution < 1.29 is 5.11 Å². The maximum Gasteiger partial charge on any atom is 0.0611 e. The van der Waals surface area contributed by atoms with E-state index in [0.29, 0.717) is 16.6 Å². The van der Waals surface area contributed by atoms with Gasteiger partial charge < -0.3 is 10.8 Å².